The summed E-state index contributed by atoms with van der Waals surface area (Å²) in [6.07, 6.45) is 2.50. The maximum absolute atomic E-state index is 2.60. The number of hydrogen-bond acceptors (Lipinski definition) is 1. The van der Waals surface area contributed by atoms with Gasteiger partial charge in [0.25, 0.3) is 0 Å². The van der Waals surface area contributed by atoms with Crippen LogP contribution in [-0.2, 0) is 11.8 Å². The van der Waals surface area contributed by atoms with Crippen molar-refractivity contribution in [1.82, 2.24) is 0 Å². The quantitative estimate of drug-likeness (QED) is 0.649. The number of benzene rings is 1. The van der Waals surface area contributed by atoms with Crippen LogP contribution in [0.25, 0.3) is 0 Å². The van der Waals surface area contributed by atoms with Gasteiger partial charge in [-0.3, -0.25) is 0 Å². The van der Waals surface area contributed by atoms with Crippen LogP contribution in [0.3, 0.4) is 0 Å². The number of hydrogen-bond donors (Lipinski definition) is 0. The summed E-state index contributed by atoms with van der Waals surface area (Å²) in [5.74, 6) is 0. The molecule has 0 aromatic heterocycles. The van der Waals surface area contributed by atoms with E-state index in [1.807, 2.05) is 0 Å². The molecule has 1 heteroatoms. The largest absolute Gasteiger partial charge is 0.366 e. The second-order valence-corrected chi connectivity index (χ2v) is 7.49. The molecule has 0 fully saturated rings. The van der Waals surface area contributed by atoms with Crippen molar-refractivity contribution in [2.75, 3.05) is 11.4 Å². The number of rotatable bonds is 0. The highest BCUT2D eigenvalue weighted by atomic mass is 15.2. The SMILES string of the molecule is CC(C)(C)c1cccc2c1N(C(C)(C)C)CCC2. The Bertz CT molecular complexity index is 432. The molecule has 0 aliphatic carbocycles. The zero-order valence-electron chi connectivity index (χ0n) is 12.8. The first-order chi connectivity index (χ1) is 8.21. The Morgan fingerprint density at radius 1 is 1.00 bits per heavy atom. The lowest BCUT2D eigenvalue weighted by molar-refractivity contribution is 0.474. The van der Waals surface area contributed by atoms with Crippen molar-refractivity contribution >= 4 is 5.69 Å². The number of para-hydroxylation sites is 1. The predicted octanol–water partition coefficient (Wildman–Crippen LogP) is 4.54. The van der Waals surface area contributed by atoms with Crippen LogP contribution in [0.4, 0.5) is 5.69 Å². The van der Waals surface area contributed by atoms with Crippen molar-refractivity contribution in [2.24, 2.45) is 0 Å². The molecule has 0 bridgehead atoms. The van der Waals surface area contributed by atoms with Gasteiger partial charge in [-0.2, -0.15) is 0 Å². The maximum Gasteiger partial charge on any atom is 0.0441 e. The molecule has 0 radical (unpaired) electrons. The highest BCUT2D eigenvalue weighted by Crippen LogP contribution is 2.40. The second-order valence-electron chi connectivity index (χ2n) is 7.49. The Balaban J connectivity index is 2.61. The van der Waals surface area contributed by atoms with E-state index in [4.69, 9.17) is 0 Å². The average Bonchev–Trinajstić information content (AvgIpc) is 2.24. The van der Waals surface area contributed by atoms with E-state index in [1.54, 1.807) is 0 Å². The van der Waals surface area contributed by atoms with E-state index < -0.39 is 0 Å². The molecule has 1 aliphatic rings. The second kappa shape index (κ2) is 4.29. The smallest absolute Gasteiger partial charge is 0.0441 e. The van der Waals surface area contributed by atoms with Crippen LogP contribution in [0.15, 0.2) is 18.2 Å². The fraction of sp³-hybridized carbons (Fsp3) is 0.647. The molecule has 0 atom stereocenters. The van der Waals surface area contributed by atoms with Crippen molar-refractivity contribution in [2.45, 2.75) is 65.3 Å². The van der Waals surface area contributed by atoms with Gasteiger partial charge in [-0.1, -0.05) is 39.0 Å². The third kappa shape index (κ3) is 2.41. The summed E-state index contributed by atoms with van der Waals surface area (Å²) in [6.45, 7) is 15.1. The summed E-state index contributed by atoms with van der Waals surface area (Å²) in [5.41, 5.74) is 4.95. The van der Waals surface area contributed by atoms with Crippen molar-refractivity contribution in [3.8, 4) is 0 Å². The Labute approximate surface area is 112 Å². The standard InChI is InChI=1S/C17H27N/c1-16(2,3)14-11-7-9-13-10-8-12-18(15(13)14)17(4,5)6/h7,9,11H,8,10,12H2,1-6H3. The molecule has 1 heterocycles. The van der Waals surface area contributed by atoms with E-state index >= 15 is 0 Å². The molecule has 1 aromatic carbocycles. The van der Waals surface area contributed by atoms with Crippen molar-refractivity contribution in [3.05, 3.63) is 29.3 Å². The Hall–Kier alpha value is -0.980. The average molecular weight is 245 g/mol. The molecule has 0 spiro atoms. The molecule has 2 rings (SSSR count). The summed E-state index contributed by atoms with van der Waals surface area (Å²) < 4.78 is 0. The lowest BCUT2D eigenvalue weighted by atomic mass is 9.81. The molecule has 1 aromatic rings. The molecule has 1 aliphatic heterocycles. The van der Waals surface area contributed by atoms with Crippen LogP contribution in [0.5, 0.6) is 0 Å². The van der Waals surface area contributed by atoms with Gasteiger partial charge >= 0.3 is 0 Å². The van der Waals surface area contributed by atoms with E-state index in [2.05, 4.69) is 64.6 Å². The van der Waals surface area contributed by atoms with Gasteiger partial charge in [0.15, 0.2) is 0 Å². The maximum atomic E-state index is 2.60. The first-order valence-corrected chi connectivity index (χ1v) is 7.11. The summed E-state index contributed by atoms with van der Waals surface area (Å²) >= 11 is 0. The molecule has 0 unspecified atom stereocenters. The van der Waals surface area contributed by atoms with Crippen LogP contribution in [-0.4, -0.2) is 12.1 Å². The van der Waals surface area contributed by atoms with Gasteiger partial charge in [0, 0.05) is 17.8 Å². The van der Waals surface area contributed by atoms with Gasteiger partial charge in [-0.15, -0.1) is 0 Å². The van der Waals surface area contributed by atoms with Crippen molar-refractivity contribution in [3.63, 3.8) is 0 Å². The van der Waals surface area contributed by atoms with Crippen LogP contribution >= 0.6 is 0 Å². The summed E-state index contributed by atoms with van der Waals surface area (Å²) in [7, 11) is 0. The summed E-state index contributed by atoms with van der Waals surface area (Å²) in [5, 5.41) is 0. The molecule has 0 saturated heterocycles. The predicted molar refractivity (Wildman–Crippen MR) is 80.6 cm³/mol. The molecular formula is C17H27N. The third-order valence-corrected chi connectivity index (χ3v) is 3.84. The molecule has 100 valence electrons. The lowest BCUT2D eigenvalue weighted by Gasteiger charge is -2.44. The monoisotopic (exact) mass is 245 g/mol. The molecular weight excluding hydrogens is 218 g/mol. The van der Waals surface area contributed by atoms with Crippen LogP contribution in [0, 0.1) is 0 Å². The lowest BCUT2D eigenvalue weighted by Crippen LogP contribution is -2.45. The van der Waals surface area contributed by atoms with E-state index in [0.29, 0.717) is 0 Å². The minimum absolute atomic E-state index is 0.205. The van der Waals surface area contributed by atoms with E-state index in [1.165, 1.54) is 36.2 Å². The minimum atomic E-state index is 0.205. The first-order valence-electron chi connectivity index (χ1n) is 7.11. The number of aryl methyl sites for hydroxylation is 1. The van der Waals surface area contributed by atoms with Gasteiger partial charge in [-0.25, -0.2) is 0 Å². The molecule has 0 N–H and O–H groups in total. The van der Waals surface area contributed by atoms with Crippen LogP contribution < -0.4 is 4.90 Å². The fourth-order valence-electron chi connectivity index (χ4n) is 2.93. The van der Waals surface area contributed by atoms with E-state index in [0.717, 1.165) is 0 Å². The zero-order chi connectivity index (χ0) is 13.6. The fourth-order valence-corrected chi connectivity index (χ4v) is 2.93. The third-order valence-electron chi connectivity index (χ3n) is 3.84. The van der Waals surface area contributed by atoms with Gasteiger partial charge in [-0.05, 0) is 50.2 Å². The zero-order valence-corrected chi connectivity index (χ0v) is 12.8. The highest BCUT2D eigenvalue weighted by Gasteiger charge is 2.31. The first kappa shape index (κ1) is 13.5. The van der Waals surface area contributed by atoms with E-state index in [9.17, 15) is 0 Å². The Kier molecular flexibility index (Phi) is 3.21. The molecule has 0 saturated carbocycles. The Morgan fingerprint density at radius 2 is 1.67 bits per heavy atom. The van der Waals surface area contributed by atoms with E-state index in [-0.39, 0.29) is 11.0 Å². The highest BCUT2D eigenvalue weighted by molar-refractivity contribution is 5.64. The summed E-state index contributed by atoms with van der Waals surface area (Å²) in [4.78, 5) is 2.60. The van der Waals surface area contributed by atoms with Gasteiger partial charge < -0.3 is 4.90 Å². The van der Waals surface area contributed by atoms with Gasteiger partial charge in [0.2, 0.25) is 0 Å². The molecule has 1 nitrogen and oxygen atoms in total. The number of fused-ring (bicyclic) bond motifs is 1. The number of nitrogens with zero attached hydrogens (tertiary/aromatic N) is 1. The minimum Gasteiger partial charge on any atom is -0.366 e. The topological polar surface area (TPSA) is 3.24 Å². The van der Waals surface area contributed by atoms with Crippen molar-refractivity contribution < 1.29 is 0 Å². The molecule has 0 amide bonds. The van der Waals surface area contributed by atoms with Gasteiger partial charge in [0.1, 0.15) is 0 Å². The molecule has 18 heavy (non-hydrogen) atoms. The van der Waals surface area contributed by atoms with Crippen LogP contribution in [0.1, 0.15) is 59.1 Å². The number of anilines is 1. The van der Waals surface area contributed by atoms with Crippen molar-refractivity contribution in [1.29, 1.82) is 0 Å². The summed E-state index contributed by atoms with van der Waals surface area (Å²) in [6, 6.07) is 6.84. The normalized spacial score (nSPS) is 16.7. The Morgan fingerprint density at radius 3 is 2.22 bits per heavy atom. The van der Waals surface area contributed by atoms with Crippen LogP contribution in [0.2, 0.25) is 0 Å². The van der Waals surface area contributed by atoms with Gasteiger partial charge in [0.05, 0.1) is 0 Å².